The third kappa shape index (κ3) is 4.14. The highest BCUT2D eigenvalue weighted by atomic mass is 32.1. The molecule has 3 rings (SSSR count). The van der Waals surface area contributed by atoms with Gasteiger partial charge in [0, 0.05) is 37.6 Å². The lowest BCUT2D eigenvalue weighted by Gasteiger charge is -2.31. The predicted molar refractivity (Wildman–Crippen MR) is 89.5 cm³/mol. The van der Waals surface area contributed by atoms with Gasteiger partial charge in [0.05, 0.1) is 12.2 Å². The molecule has 1 atom stereocenters. The van der Waals surface area contributed by atoms with E-state index in [1.165, 1.54) is 11.3 Å². The summed E-state index contributed by atoms with van der Waals surface area (Å²) in [6, 6.07) is 3.78. The summed E-state index contributed by atoms with van der Waals surface area (Å²) in [5.41, 5.74) is 0.513. The third-order valence-corrected chi connectivity index (χ3v) is 5.27. The summed E-state index contributed by atoms with van der Waals surface area (Å²) in [5.74, 6) is -0.0683. The van der Waals surface area contributed by atoms with Crippen LogP contribution >= 0.6 is 22.7 Å². The molecule has 3 heterocycles. The highest BCUT2D eigenvalue weighted by Crippen LogP contribution is 2.24. The highest BCUT2D eigenvalue weighted by Gasteiger charge is 2.24. The zero-order valence-corrected chi connectivity index (χ0v) is 14.0. The summed E-state index contributed by atoms with van der Waals surface area (Å²) in [4.78, 5) is 18.6. The molecule has 1 aliphatic heterocycles. The van der Waals surface area contributed by atoms with Crippen molar-refractivity contribution in [3.05, 3.63) is 33.6 Å². The van der Waals surface area contributed by atoms with Gasteiger partial charge in [0.1, 0.15) is 22.2 Å². The molecule has 2 aromatic heterocycles. The first-order chi connectivity index (χ1) is 11.3. The standard InChI is InChI=1S/C15H16N4O2S2/c16-9-11-2-7-22-14(11)18-13(20)1-4-19-5-6-21-12(10-19)15-17-3-8-23-15/h2-3,7-8,12H,1,4-6,10H2,(H,18,20)/t12-/m1/s1. The number of morpholine rings is 1. The zero-order valence-electron chi connectivity index (χ0n) is 12.4. The van der Waals surface area contributed by atoms with E-state index in [1.54, 1.807) is 29.0 Å². The van der Waals surface area contributed by atoms with Crippen molar-refractivity contribution >= 4 is 33.6 Å². The Labute approximate surface area is 142 Å². The Morgan fingerprint density at radius 3 is 3.22 bits per heavy atom. The smallest absolute Gasteiger partial charge is 0.226 e. The van der Waals surface area contributed by atoms with Gasteiger partial charge in [-0.25, -0.2) is 4.98 Å². The van der Waals surface area contributed by atoms with Crippen molar-refractivity contribution in [2.45, 2.75) is 12.5 Å². The number of hydrogen-bond acceptors (Lipinski definition) is 7. The maximum Gasteiger partial charge on any atom is 0.226 e. The zero-order chi connectivity index (χ0) is 16.1. The molecule has 0 saturated carbocycles. The van der Waals surface area contributed by atoms with Crippen molar-refractivity contribution in [2.75, 3.05) is 31.6 Å². The van der Waals surface area contributed by atoms with Crippen LogP contribution in [-0.2, 0) is 9.53 Å². The normalized spacial score (nSPS) is 18.5. The minimum absolute atomic E-state index is 0.00528. The van der Waals surface area contributed by atoms with E-state index in [0.29, 0.717) is 30.1 Å². The SMILES string of the molecule is N#Cc1ccsc1NC(=O)CCN1CCO[C@@H](c2nccs2)C1. The summed E-state index contributed by atoms with van der Waals surface area (Å²) in [5, 5.41) is 17.1. The highest BCUT2D eigenvalue weighted by molar-refractivity contribution is 7.14. The maximum atomic E-state index is 12.0. The summed E-state index contributed by atoms with van der Waals surface area (Å²) in [6.07, 6.45) is 2.17. The van der Waals surface area contributed by atoms with Gasteiger partial charge in [-0.3, -0.25) is 9.69 Å². The molecule has 0 aromatic carbocycles. The Balaban J connectivity index is 1.48. The van der Waals surface area contributed by atoms with Crippen molar-refractivity contribution in [3.8, 4) is 6.07 Å². The van der Waals surface area contributed by atoms with Gasteiger partial charge < -0.3 is 10.1 Å². The Morgan fingerprint density at radius 1 is 1.52 bits per heavy atom. The molecule has 0 unspecified atom stereocenters. The number of nitrogens with zero attached hydrogens (tertiary/aromatic N) is 3. The van der Waals surface area contributed by atoms with Crippen LogP contribution in [0.15, 0.2) is 23.0 Å². The first kappa shape index (κ1) is 16.1. The van der Waals surface area contributed by atoms with E-state index >= 15 is 0 Å². The number of ether oxygens (including phenoxy) is 1. The average Bonchev–Trinajstić information content (AvgIpc) is 3.24. The van der Waals surface area contributed by atoms with Crippen LogP contribution in [0, 0.1) is 11.3 Å². The second-order valence-corrected chi connectivity index (χ2v) is 6.95. The van der Waals surface area contributed by atoms with E-state index < -0.39 is 0 Å². The molecule has 8 heteroatoms. The number of aromatic nitrogens is 1. The maximum absolute atomic E-state index is 12.0. The first-order valence-corrected chi connectivity index (χ1v) is 9.03. The number of rotatable bonds is 5. The summed E-state index contributed by atoms with van der Waals surface area (Å²) < 4.78 is 5.75. The van der Waals surface area contributed by atoms with E-state index in [-0.39, 0.29) is 12.0 Å². The van der Waals surface area contributed by atoms with Crippen molar-refractivity contribution < 1.29 is 9.53 Å². The molecule has 0 aliphatic carbocycles. The lowest BCUT2D eigenvalue weighted by molar-refractivity contribution is -0.117. The molecule has 1 saturated heterocycles. The van der Waals surface area contributed by atoms with Crippen LogP contribution in [-0.4, -0.2) is 42.0 Å². The molecule has 0 spiro atoms. The Bertz CT molecular complexity index is 693. The molecular formula is C15H16N4O2S2. The second kappa shape index (κ2) is 7.66. The Morgan fingerprint density at radius 2 is 2.43 bits per heavy atom. The fourth-order valence-corrected chi connectivity index (χ4v) is 3.82. The van der Waals surface area contributed by atoms with Crippen LogP contribution < -0.4 is 5.32 Å². The number of anilines is 1. The van der Waals surface area contributed by atoms with Crippen LogP contribution in [0.3, 0.4) is 0 Å². The fourth-order valence-electron chi connectivity index (χ4n) is 2.39. The molecule has 0 bridgehead atoms. The van der Waals surface area contributed by atoms with Gasteiger partial charge in [0.15, 0.2) is 0 Å². The van der Waals surface area contributed by atoms with E-state index in [1.807, 2.05) is 5.38 Å². The van der Waals surface area contributed by atoms with E-state index in [9.17, 15) is 4.79 Å². The number of nitriles is 1. The second-order valence-electron chi connectivity index (χ2n) is 5.10. The molecule has 23 heavy (non-hydrogen) atoms. The molecular weight excluding hydrogens is 332 g/mol. The number of nitrogens with one attached hydrogen (secondary N) is 1. The average molecular weight is 348 g/mol. The molecule has 1 amide bonds. The van der Waals surface area contributed by atoms with Crippen molar-refractivity contribution in [2.24, 2.45) is 0 Å². The molecule has 1 fully saturated rings. The fraction of sp³-hybridized carbons (Fsp3) is 0.400. The summed E-state index contributed by atoms with van der Waals surface area (Å²) in [6.45, 7) is 2.89. The van der Waals surface area contributed by atoms with Crippen LogP contribution in [0.4, 0.5) is 5.00 Å². The van der Waals surface area contributed by atoms with Crippen LogP contribution in [0.1, 0.15) is 23.1 Å². The number of thiazole rings is 1. The lowest BCUT2D eigenvalue weighted by atomic mass is 10.2. The van der Waals surface area contributed by atoms with Gasteiger partial charge in [-0.05, 0) is 11.4 Å². The van der Waals surface area contributed by atoms with Crippen LogP contribution in [0.25, 0.3) is 0 Å². The third-order valence-electron chi connectivity index (χ3n) is 3.57. The lowest BCUT2D eigenvalue weighted by Crippen LogP contribution is -2.39. The van der Waals surface area contributed by atoms with Gasteiger partial charge in [-0.1, -0.05) is 0 Å². The summed E-state index contributed by atoms with van der Waals surface area (Å²) >= 11 is 2.96. The molecule has 1 aliphatic rings. The molecule has 1 N–H and O–H groups in total. The minimum Gasteiger partial charge on any atom is -0.368 e. The number of carbonyl (C=O) groups is 1. The molecule has 2 aromatic rings. The van der Waals surface area contributed by atoms with E-state index in [4.69, 9.17) is 10.00 Å². The van der Waals surface area contributed by atoms with Crippen molar-refractivity contribution in [1.82, 2.24) is 9.88 Å². The van der Waals surface area contributed by atoms with E-state index in [2.05, 4.69) is 21.3 Å². The number of thiophene rings is 1. The predicted octanol–water partition coefficient (Wildman–Crippen LogP) is 2.48. The molecule has 120 valence electrons. The van der Waals surface area contributed by atoms with Gasteiger partial charge in [0.2, 0.25) is 5.91 Å². The van der Waals surface area contributed by atoms with Crippen molar-refractivity contribution in [1.29, 1.82) is 5.26 Å². The van der Waals surface area contributed by atoms with Crippen LogP contribution in [0.2, 0.25) is 0 Å². The molecule has 0 radical (unpaired) electrons. The van der Waals surface area contributed by atoms with Gasteiger partial charge in [0.25, 0.3) is 0 Å². The Kier molecular flexibility index (Phi) is 5.35. The van der Waals surface area contributed by atoms with Gasteiger partial charge >= 0.3 is 0 Å². The quantitative estimate of drug-likeness (QED) is 0.898. The number of carbonyl (C=O) groups excluding carboxylic acids is 1. The summed E-state index contributed by atoms with van der Waals surface area (Å²) in [7, 11) is 0. The number of hydrogen-bond donors (Lipinski definition) is 1. The van der Waals surface area contributed by atoms with E-state index in [0.717, 1.165) is 18.1 Å². The largest absolute Gasteiger partial charge is 0.368 e. The molecule has 6 nitrogen and oxygen atoms in total. The van der Waals surface area contributed by atoms with Crippen molar-refractivity contribution in [3.63, 3.8) is 0 Å². The topological polar surface area (TPSA) is 78.2 Å². The van der Waals surface area contributed by atoms with Gasteiger partial charge in [-0.15, -0.1) is 22.7 Å². The first-order valence-electron chi connectivity index (χ1n) is 7.27. The Hall–Kier alpha value is -1.79. The van der Waals surface area contributed by atoms with Gasteiger partial charge in [-0.2, -0.15) is 5.26 Å². The monoisotopic (exact) mass is 348 g/mol. The number of amides is 1. The minimum atomic E-state index is -0.0683. The van der Waals surface area contributed by atoms with Crippen LogP contribution in [0.5, 0.6) is 0 Å².